The van der Waals surface area contributed by atoms with E-state index in [9.17, 15) is 0 Å². The smallest absolute Gasteiger partial charge is 0.291 e. The summed E-state index contributed by atoms with van der Waals surface area (Å²) in [5.74, 6) is 1.66. The molecular weight excluding hydrogens is 352 g/mol. The van der Waals surface area contributed by atoms with Gasteiger partial charge in [-0.25, -0.2) is 0 Å². The van der Waals surface area contributed by atoms with E-state index in [-0.39, 0.29) is 0 Å². The number of aromatic nitrogens is 4. The van der Waals surface area contributed by atoms with E-state index in [1.807, 2.05) is 16.8 Å². The highest BCUT2D eigenvalue weighted by Crippen LogP contribution is 2.30. The molecule has 2 aliphatic rings. The Bertz CT molecular complexity index is 933. The maximum absolute atomic E-state index is 5.68. The molecular formula is C21H28N6O. The van der Waals surface area contributed by atoms with Crippen molar-refractivity contribution >= 4 is 10.9 Å². The van der Waals surface area contributed by atoms with Gasteiger partial charge in [0.2, 0.25) is 5.89 Å². The number of aryl methyl sites for hydroxylation is 1. The average Bonchev–Trinajstić information content (AvgIpc) is 3.39. The Balaban J connectivity index is 1.32. The molecule has 2 aliphatic heterocycles. The molecule has 7 heteroatoms. The van der Waals surface area contributed by atoms with Crippen LogP contribution in [-0.4, -0.2) is 57.0 Å². The van der Waals surface area contributed by atoms with E-state index in [2.05, 4.69) is 34.4 Å². The van der Waals surface area contributed by atoms with Gasteiger partial charge in [-0.15, -0.1) is 0 Å². The molecule has 2 fully saturated rings. The van der Waals surface area contributed by atoms with Crippen LogP contribution in [0.15, 0.2) is 28.8 Å². The van der Waals surface area contributed by atoms with Crippen LogP contribution in [0.25, 0.3) is 16.9 Å². The van der Waals surface area contributed by atoms with Gasteiger partial charge in [-0.2, -0.15) is 14.8 Å². The number of piperidine rings is 2. The fourth-order valence-corrected chi connectivity index (χ4v) is 4.71. The van der Waals surface area contributed by atoms with E-state index in [1.54, 1.807) is 0 Å². The molecule has 0 aliphatic carbocycles. The average molecular weight is 380 g/mol. The highest BCUT2D eigenvalue weighted by molar-refractivity contribution is 5.83. The number of hydrogen-bond donors (Lipinski definition) is 1. The van der Waals surface area contributed by atoms with Gasteiger partial charge in [0.1, 0.15) is 0 Å². The van der Waals surface area contributed by atoms with Crippen molar-refractivity contribution in [3.05, 3.63) is 35.9 Å². The predicted molar refractivity (Wildman–Crippen MR) is 108 cm³/mol. The van der Waals surface area contributed by atoms with Gasteiger partial charge in [0.15, 0.2) is 0 Å². The van der Waals surface area contributed by atoms with Crippen molar-refractivity contribution in [2.75, 3.05) is 26.2 Å². The van der Waals surface area contributed by atoms with Crippen LogP contribution in [0, 0.1) is 0 Å². The predicted octanol–water partition coefficient (Wildman–Crippen LogP) is 2.90. The molecule has 7 nitrogen and oxygen atoms in total. The van der Waals surface area contributed by atoms with E-state index in [4.69, 9.17) is 14.6 Å². The monoisotopic (exact) mass is 380 g/mol. The molecule has 3 aromatic rings. The van der Waals surface area contributed by atoms with E-state index in [0.717, 1.165) is 74.0 Å². The van der Waals surface area contributed by atoms with Crippen LogP contribution >= 0.6 is 0 Å². The Hall–Kier alpha value is -2.25. The fourth-order valence-electron chi connectivity index (χ4n) is 4.71. The molecule has 0 spiro atoms. The van der Waals surface area contributed by atoms with Crippen LogP contribution in [0.5, 0.6) is 0 Å². The Morgan fingerprint density at radius 2 is 1.89 bits per heavy atom. The number of benzene rings is 1. The van der Waals surface area contributed by atoms with E-state index < -0.39 is 0 Å². The quantitative estimate of drug-likeness (QED) is 0.750. The van der Waals surface area contributed by atoms with E-state index in [0.29, 0.717) is 11.9 Å². The minimum Gasteiger partial charge on any atom is -0.337 e. The number of nitrogens with one attached hydrogen (secondary N) is 1. The second kappa shape index (κ2) is 7.64. The minimum atomic E-state index is 0.353. The van der Waals surface area contributed by atoms with Gasteiger partial charge in [-0.3, -0.25) is 0 Å². The number of para-hydroxylation sites is 1. The lowest BCUT2D eigenvalue weighted by atomic mass is 9.94. The molecule has 0 saturated carbocycles. The third kappa shape index (κ3) is 3.22. The molecule has 2 aromatic heterocycles. The number of likely N-dealkylation sites (tertiary alicyclic amines) is 1. The van der Waals surface area contributed by atoms with Gasteiger partial charge in [0, 0.05) is 17.3 Å². The van der Waals surface area contributed by atoms with E-state index >= 15 is 0 Å². The van der Waals surface area contributed by atoms with Gasteiger partial charge in [-0.05, 0) is 69.5 Å². The molecule has 4 heterocycles. The van der Waals surface area contributed by atoms with Gasteiger partial charge >= 0.3 is 0 Å². The van der Waals surface area contributed by atoms with Crippen molar-refractivity contribution in [3.63, 3.8) is 0 Å². The first-order valence-electron chi connectivity index (χ1n) is 10.6. The van der Waals surface area contributed by atoms with Gasteiger partial charge < -0.3 is 14.7 Å². The first kappa shape index (κ1) is 17.8. The first-order valence-corrected chi connectivity index (χ1v) is 10.6. The summed E-state index contributed by atoms with van der Waals surface area (Å²) >= 11 is 0. The molecule has 2 saturated heterocycles. The third-order valence-electron chi connectivity index (χ3n) is 6.32. The summed E-state index contributed by atoms with van der Waals surface area (Å²) in [4.78, 5) is 7.39. The summed E-state index contributed by atoms with van der Waals surface area (Å²) in [7, 11) is 0. The Morgan fingerprint density at radius 3 is 2.68 bits per heavy atom. The molecule has 1 aromatic carbocycles. The molecule has 5 rings (SSSR count). The highest BCUT2D eigenvalue weighted by Gasteiger charge is 2.29. The van der Waals surface area contributed by atoms with Gasteiger partial charge in [-0.1, -0.05) is 25.1 Å². The molecule has 148 valence electrons. The van der Waals surface area contributed by atoms with Gasteiger partial charge in [0.05, 0.1) is 11.2 Å². The Labute approximate surface area is 165 Å². The van der Waals surface area contributed by atoms with Crippen molar-refractivity contribution in [3.8, 4) is 5.95 Å². The summed E-state index contributed by atoms with van der Waals surface area (Å²) in [6.45, 7) is 6.66. The van der Waals surface area contributed by atoms with E-state index in [1.165, 1.54) is 12.8 Å². The summed E-state index contributed by atoms with van der Waals surface area (Å²) in [5, 5.41) is 13.6. The van der Waals surface area contributed by atoms with Crippen molar-refractivity contribution in [2.24, 2.45) is 0 Å². The van der Waals surface area contributed by atoms with Crippen molar-refractivity contribution in [2.45, 2.75) is 51.0 Å². The standard InChI is InChI=1S/C21H28N6O/c1-2-18-17-5-3-4-6-19(17)27(24-18)21-23-20(28-25-21)15-9-13-26(14-10-15)16-7-11-22-12-8-16/h3-6,15-16,22H,2,7-14H2,1H3. The SMILES string of the molecule is CCc1nn(-c2noc(C3CCN(C4CCNCC4)CC3)n2)c2ccccc12. The zero-order valence-corrected chi connectivity index (χ0v) is 16.5. The summed E-state index contributed by atoms with van der Waals surface area (Å²) in [6, 6.07) is 8.98. The summed E-state index contributed by atoms with van der Waals surface area (Å²) < 4.78 is 7.51. The maximum Gasteiger partial charge on any atom is 0.291 e. The van der Waals surface area contributed by atoms with Crippen molar-refractivity contribution in [1.29, 1.82) is 0 Å². The summed E-state index contributed by atoms with van der Waals surface area (Å²) in [5.41, 5.74) is 2.10. The highest BCUT2D eigenvalue weighted by atomic mass is 16.5. The first-order chi connectivity index (χ1) is 13.8. The Kier molecular flexibility index (Phi) is 4.86. The lowest BCUT2D eigenvalue weighted by Gasteiger charge is -2.38. The number of fused-ring (bicyclic) bond motifs is 1. The molecule has 0 amide bonds. The van der Waals surface area contributed by atoms with Crippen LogP contribution in [0.3, 0.4) is 0 Å². The fraction of sp³-hybridized carbons (Fsp3) is 0.571. The molecule has 0 bridgehead atoms. The normalized spacial score (nSPS) is 20.2. The lowest BCUT2D eigenvalue weighted by molar-refractivity contribution is 0.120. The topological polar surface area (TPSA) is 72.0 Å². The van der Waals surface area contributed by atoms with Crippen molar-refractivity contribution < 1.29 is 4.52 Å². The second-order valence-electron chi connectivity index (χ2n) is 7.95. The largest absolute Gasteiger partial charge is 0.337 e. The van der Waals surface area contributed by atoms with Crippen molar-refractivity contribution in [1.82, 2.24) is 30.1 Å². The molecule has 0 atom stereocenters. The van der Waals surface area contributed by atoms with Gasteiger partial charge in [0.25, 0.3) is 5.95 Å². The lowest BCUT2D eigenvalue weighted by Crippen LogP contribution is -2.46. The molecule has 0 unspecified atom stereocenters. The molecule has 1 N–H and O–H groups in total. The van der Waals surface area contributed by atoms with Crippen LogP contribution in [-0.2, 0) is 6.42 Å². The van der Waals surface area contributed by atoms with Crippen LogP contribution in [0.4, 0.5) is 0 Å². The van der Waals surface area contributed by atoms with Crippen LogP contribution in [0.1, 0.15) is 50.1 Å². The summed E-state index contributed by atoms with van der Waals surface area (Å²) in [6.07, 6.45) is 5.59. The third-order valence-corrected chi connectivity index (χ3v) is 6.32. The van der Waals surface area contributed by atoms with Crippen LogP contribution in [0.2, 0.25) is 0 Å². The molecule has 28 heavy (non-hydrogen) atoms. The number of rotatable bonds is 4. The molecule has 0 radical (unpaired) electrons. The number of hydrogen-bond acceptors (Lipinski definition) is 6. The zero-order valence-electron chi connectivity index (χ0n) is 16.5. The number of nitrogens with zero attached hydrogens (tertiary/aromatic N) is 5. The zero-order chi connectivity index (χ0) is 18.9. The minimum absolute atomic E-state index is 0.353. The second-order valence-corrected chi connectivity index (χ2v) is 7.95. The van der Waals surface area contributed by atoms with Crippen LogP contribution < -0.4 is 5.32 Å². The Morgan fingerprint density at radius 1 is 1.11 bits per heavy atom. The maximum atomic E-state index is 5.68.